The normalized spacial score (nSPS) is 12.7. The lowest BCUT2D eigenvalue weighted by Crippen LogP contribution is -2.44. The maximum Gasteiger partial charge on any atom is 0.306 e. The molecule has 2 unspecified atom stereocenters. The predicted molar refractivity (Wildman–Crippen MR) is 371 cm³/mol. The quantitative estimate of drug-likeness (QED) is 0.0195. The number of hydrogen-bond donors (Lipinski definition) is 0. The van der Waals surface area contributed by atoms with Crippen LogP contribution in [0.3, 0.4) is 0 Å². The minimum absolute atomic E-state index is 0.151. The molecular formula is C78H149NO8. The largest absolute Gasteiger partial charge is 0.545 e. The third-order valence-corrected chi connectivity index (χ3v) is 17.7. The van der Waals surface area contributed by atoms with Crippen LogP contribution in [0, 0.1) is 0 Å². The van der Waals surface area contributed by atoms with Crippen LogP contribution in [0.2, 0.25) is 0 Å². The van der Waals surface area contributed by atoms with E-state index in [0.29, 0.717) is 17.4 Å². The van der Waals surface area contributed by atoms with Gasteiger partial charge < -0.3 is 33.3 Å². The second kappa shape index (κ2) is 69.7. The summed E-state index contributed by atoms with van der Waals surface area (Å²) in [6.07, 6.45) is 84.5. The summed E-state index contributed by atoms with van der Waals surface area (Å²) in [6, 6.07) is 0. The van der Waals surface area contributed by atoms with E-state index in [9.17, 15) is 19.5 Å². The molecule has 0 bridgehead atoms. The summed E-state index contributed by atoms with van der Waals surface area (Å²) in [5.74, 6) is -2.25. The summed E-state index contributed by atoms with van der Waals surface area (Å²) in [7, 11) is 5.95. The van der Waals surface area contributed by atoms with Crippen LogP contribution in [0.1, 0.15) is 399 Å². The maximum atomic E-state index is 12.9. The van der Waals surface area contributed by atoms with Crippen molar-refractivity contribution in [3.8, 4) is 0 Å². The summed E-state index contributed by atoms with van der Waals surface area (Å²) in [6.45, 7) is 4.82. The fraction of sp³-hybridized carbons (Fsp3) is 0.910. The maximum absolute atomic E-state index is 12.9. The van der Waals surface area contributed by atoms with E-state index in [1.165, 1.54) is 334 Å². The van der Waals surface area contributed by atoms with Crippen molar-refractivity contribution in [3.05, 3.63) is 24.3 Å². The highest BCUT2D eigenvalue weighted by molar-refractivity contribution is 5.70. The average Bonchev–Trinajstić information content (AvgIpc) is 3.59. The van der Waals surface area contributed by atoms with Crippen molar-refractivity contribution in [2.45, 2.75) is 411 Å². The van der Waals surface area contributed by atoms with Crippen molar-refractivity contribution in [1.82, 2.24) is 0 Å². The molecule has 0 saturated carbocycles. The van der Waals surface area contributed by atoms with E-state index >= 15 is 0 Å². The van der Waals surface area contributed by atoms with Crippen LogP contribution in [0.15, 0.2) is 24.3 Å². The fourth-order valence-corrected chi connectivity index (χ4v) is 11.8. The Kier molecular flexibility index (Phi) is 67.9. The van der Waals surface area contributed by atoms with E-state index in [0.717, 1.165) is 38.5 Å². The van der Waals surface area contributed by atoms with Gasteiger partial charge >= 0.3 is 11.9 Å². The number of quaternary nitrogens is 1. The van der Waals surface area contributed by atoms with Crippen LogP contribution in [0.5, 0.6) is 0 Å². The van der Waals surface area contributed by atoms with Crippen LogP contribution in [-0.2, 0) is 33.3 Å². The molecule has 0 aliphatic rings. The highest BCUT2D eigenvalue weighted by atomic mass is 16.7. The first-order valence-corrected chi connectivity index (χ1v) is 38.5. The van der Waals surface area contributed by atoms with Gasteiger partial charge in [-0.2, -0.15) is 0 Å². The number of carboxylic acid groups (broad SMARTS) is 1. The molecule has 87 heavy (non-hydrogen) atoms. The Morgan fingerprint density at radius 2 is 0.586 bits per heavy atom. The van der Waals surface area contributed by atoms with Gasteiger partial charge in [0.2, 0.25) is 0 Å². The van der Waals surface area contributed by atoms with Gasteiger partial charge in [-0.3, -0.25) is 9.59 Å². The van der Waals surface area contributed by atoms with E-state index in [4.69, 9.17) is 18.9 Å². The Morgan fingerprint density at radius 1 is 0.333 bits per heavy atom. The lowest BCUT2D eigenvalue weighted by atomic mass is 10.0. The molecule has 0 aromatic heterocycles. The molecule has 0 fully saturated rings. The first-order valence-electron chi connectivity index (χ1n) is 38.5. The predicted octanol–water partition coefficient (Wildman–Crippen LogP) is 22.8. The highest BCUT2D eigenvalue weighted by Crippen LogP contribution is 2.19. The zero-order valence-corrected chi connectivity index (χ0v) is 58.9. The molecule has 514 valence electrons. The Hall–Kier alpha value is -2.23. The molecule has 0 rings (SSSR count). The van der Waals surface area contributed by atoms with Gasteiger partial charge in [0.25, 0.3) is 0 Å². The molecule has 2 atom stereocenters. The lowest BCUT2D eigenvalue weighted by molar-refractivity contribution is -0.870. The van der Waals surface area contributed by atoms with Gasteiger partial charge in [-0.25, -0.2) is 0 Å². The molecule has 0 spiro atoms. The fourth-order valence-electron chi connectivity index (χ4n) is 11.8. The molecule has 0 aromatic rings. The molecule has 0 aliphatic carbocycles. The van der Waals surface area contributed by atoms with Crippen molar-refractivity contribution in [1.29, 1.82) is 0 Å². The van der Waals surface area contributed by atoms with E-state index in [2.05, 4.69) is 38.2 Å². The average molecular weight is 1230 g/mol. The molecule has 9 heteroatoms. The van der Waals surface area contributed by atoms with E-state index < -0.39 is 24.3 Å². The molecule has 0 N–H and O–H groups in total. The molecule has 0 saturated heterocycles. The molecule has 0 aliphatic heterocycles. The molecule has 0 aromatic carbocycles. The number of esters is 2. The smallest absolute Gasteiger partial charge is 0.306 e. The minimum Gasteiger partial charge on any atom is -0.545 e. The topological polar surface area (TPSA) is 111 Å². The van der Waals surface area contributed by atoms with Crippen LogP contribution in [-0.4, -0.2) is 82.3 Å². The van der Waals surface area contributed by atoms with Crippen molar-refractivity contribution in [2.24, 2.45) is 0 Å². The van der Waals surface area contributed by atoms with Crippen molar-refractivity contribution in [3.63, 3.8) is 0 Å². The van der Waals surface area contributed by atoms with Gasteiger partial charge in [0.05, 0.1) is 40.3 Å². The number of rotatable bonds is 73. The van der Waals surface area contributed by atoms with Gasteiger partial charge in [0.15, 0.2) is 12.4 Å². The highest BCUT2D eigenvalue weighted by Gasteiger charge is 2.22. The van der Waals surface area contributed by atoms with Crippen LogP contribution in [0.25, 0.3) is 0 Å². The van der Waals surface area contributed by atoms with Crippen LogP contribution >= 0.6 is 0 Å². The molecule has 0 amide bonds. The number of ether oxygens (including phenoxy) is 4. The number of aliphatic carboxylic acids is 1. The molecular weight excluding hydrogens is 1080 g/mol. The van der Waals surface area contributed by atoms with Crippen molar-refractivity contribution in [2.75, 3.05) is 47.5 Å². The van der Waals surface area contributed by atoms with Gasteiger partial charge in [0.1, 0.15) is 13.2 Å². The Morgan fingerprint density at radius 3 is 0.851 bits per heavy atom. The zero-order chi connectivity index (χ0) is 63.3. The first-order chi connectivity index (χ1) is 42.6. The van der Waals surface area contributed by atoms with Crippen molar-refractivity contribution < 1.29 is 42.9 Å². The monoisotopic (exact) mass is 1230 g/mol. The standard InChI is InChI=1S/C78H149NO8/c1-6-8-10-12-14-16-18-20-22-24-26-28-29-30-31-32-33-34-35-36-37-38-39-40-41-42-43-44-45-46-47-49-51-53-55-57-59-61-63-65-67-69-76(81)87-74(73-86-78(77(82)83)84-71-70-79(3,4)5)72-85-75(80)68-66-64-62-60-58-56-54-52-50-48-27-25-23-21-19-17-15-13-11-9-7-2/h24-27,74,78H,6-23,28-73H2,1-5H3/b26-24-,27-25-. The number of allylic oxidation sites excluding steroid dienone is 4. The van der Waals surface area contributed by atoms with Gasteiger partial charge in [0, 0.05) is 12.8 Å². The van der Waals surface area contributed by atoms with E-state index in [1.54, 1.807) is 0 Å². The Balaban J connectivity index is 3.92. The SMILES string of the molecule is CCCCCCCCCC/C=C\CCCCCCCCCCCCCCCCCCCCCCCCCCCCCCCC(=O)OC(COC(=O)CCCCCCCCCCC/C=C\CCCCCCCCCC)COC(OCC[N+](C)(C)C)C(=O)[O-]. The Labute approximate surface area is 541 Å². The summed E-state index contributed by atoms with van der Waals surface area (Å²) >= 11 is 0. The lowest BCUT2D eigenvalue weighted by Gasteiger charge is -2.26. The minimum atomic E-state index is -1.62. The third-order valence-electron chi connectivity index (χ3n) is 17.7. The van der Waals surface area contributed by atoms with Crippen LogP contribution < -0.4 is 5.11 Å². The number of unbranched alkanes of at least 4 members (excludes halogenated alkanes) is 54. The third kappa shape index (κ3) is 71.1. The number of nitrogens with zero attached hydrogens (tertiary/aromatic N) is 1. The molecule has 9 nitrogen and oxygen atoms in total. The number of hydrogen-bond acceptors (Lipinski definition) is 8. The summed E-state index contributed by atoms with van der Waals surface area (Å²) < 4.78 is 22.8. The van der Waals surface area contributed by atoms with Crippen molar-refractivity contribution >= 4 is 17.9 Å². The summed E-state index contributed by atoms with van der Waals surface area (Å²) in [5.41, 5.74) is 0. The number of carboxylic acids is 1. The van der Waals surface area contributed by atoms with Crippen LogP contribution in [0.4, 0.5) is 0 Å². The number of carbonyl (C=O) groups excluding carboxylic acids is 3. The first kappa shape index (κ1) is 84.8. The van der Waals surface area contributed by atoms with Gasteiger partial charge in [-0.15, -0.1) is 0 Å². The number of carbonyl (C=O) groups is 3. The summed E-state index contributed by atoms with van der Waals surface area (Å²) in [4.78, 5) is 37.5. The Bertz CT molecular complexity index is 1480. The molecule has 0 heterocycles. The zero-order valence-electron chi connectivity index (χ0n) is 58.9. The molecule has 0 radical (unpaired) electrons. The second-order valence-corrected chi connectivity index (χ2v) is 27.6. The second-order valence-electron chi connectivity index (χ2n) is 27.6. The van der Waals surface area contributed by atoms with E-state index in [1.807, 2.05) is 21.1 Å². The van der Waals surface area contributed by atoms with E-state index in [-0.39, 0.29) is 32.2 Å². The summed E-state index contributed by atoms with van der Waals surface area (Å²) in [5, 5.41) is 11.8. The van der Waals surface area contributed by atoms with Gasteiger partial charge in [-0.1, -0.05) is 346 Å². The number of likely N-dealkylation sites (N-methyl/N-ethyl adjacent to an activating group) is 1. The van der Waals surface area contributed by atoms with Gasteiger partial charge in [-0.05, 0) is 64.2 Å².